The lowest BCUT2D eigenvalue weighted by Gasteiger charge is -2.18. The molecule has 0 fully saturated rings. The van der Waals surface area contributed by atoms with Crippen molar-refractivity contribution in [1.29, 1.82) is 0 Å². The lowest BCUT2D eigenvalue weighted by Crippen LogP contribution is -2.13. The molecule has 3 aromatic rings. The normalized spacial score (nSPS) is 10.5. The molecule has 0 aliphatic rings. The van der Waals surface area contributed by atoms with Gasteiger partial charge in [-0.3, -0.25) is 19.2 Å². The van der Waals surface area contributed by atoms with Crippen molar-refractivity contribution < 1.29 is 52.3 Å². The first-order valence-corrected chi connectivity index (χ1v) is 10.2. The average Bonchev–Trinajstić information content (AvgIpc) is 2.81. The van der Waals surface area contributed by atoms with Gasteiger partial charge in [-0.15, -0.1) is 0 Å². The summed E-state index contributed by atoms with van der Waals surface area (Å²) in [5.41, 5.74) is -1.14. The van der Waals surface area contributed by atoms with Crippen LogP contribution in [0.2, 0.25) is 0 Å². The first-order chi connectivity index (χ1) is 17.0. The molecule has 1 heterocycles. The molecule has 12 heteroatoms. The molecule has 0 saturated carbocycles. The second-order valence-electron chi connectivity index (χ2n) is 7.18. The van der Waals surface area contributed by atoms with Gasteiger partial charge >= 0.3 is 17.9 Å². The lowest BCUT2D eigenvalue weighted by atomic mass is 10.1. The number of hydrogen-bond donors (Lipinski definition) is 1. The predicted molar refractivity (Wildman–Crippen MR) is 123 cm³/mol. The van der Waals surface area contributed by atoms with Gasteiger partial charge in [0, 0.05) is 26.3 Å². The second-order valence-corrected chi connectivity index (χ2v) is 7.18. The number of methoxy groups -OCH3 is 3. The van der Waals surface area contributed by atoms with Crippen LogP contribution in [-0.2, 0) is 14.4 Å². The molecule has 0 unspecified atom stereocenters. The van der Waals surface area contributed by atoms with E-state index in [1.165, 1.54) is 46.5 Å². The van der Waals surface area contributed by atoms with Gasteiger partial charge in [0.25, 0.3) is 0 Å². The Bertz CT molecular complexity index is 1430. The third-order valence-electron chi connectivity index (χ3n) is 4.72. The third kappa shape index (κ3) is 4.73. The minimum absolute atomic E-state index is 0.0961. The minimum atomic E-state index is -1.03. The number of benzene rings is 2. The number of rotatable bonds is 7. The minimum Gasteiger partial charge on any atom is -0.502 e. The number of hydrogen-bond acceptors (Lipinski definition) is 12. The largest absolute Gasteiger partial charge is 0.502 e. The zero-order chi connectivity index (χ0) is 26.7. The van der Waals surface area contributed by atoms with E-state index in [4.69, 9.17) is 32.8 Å². The van der Waals surface area contributed by atoms with E-state index in [2.05, 4.69) is 0 Å². The summed E-state index contributed by atoms with van der Waals surface area (Å²) in [5.74, 6) is -4.54. The van der Waals surface area contributed by atoms with Crippen LogP contribution in [0, 0.1) is 0 Å². The molecule has 0 radical (unpaired) electrons. The van der Waals surface area contributed by atoms with Gasteiger partial charge in [-0.1, -0.05) is 0 Å². The van der Waals surface area contributed by atoms with E-state index in [1.54, 1.807) is 0 Å². The molecule has 0 amide bonds. The van der Waals surface area contributed by atoms with Gasteiger partial charge in [0.2, 0.25) is 28.4 Å². The first-order valence-electron chi connectivity index (χ1n) is 10.2. The van der Waals surface area contributed by atoms with Crippen molar-refractivity contribution in [2.75, 3.05) is 21.3 Å². The van der Waals surface area contributed by atoms with Crippen molar-refractivity contribution in [2.24, 2.45) is 0 Å². The Hall–Kier alpha value is -4.74. The average molecular weight is 502 g/mol. The molecular weight excluding hydrogens is 480 g/mol. The number of aromatic hydroxyl groups is 1. The van der Waals surface area contributed by atoms with Crippen LogP contribution >= 0.6 is 0 Å². The monoisotopic (exact) mass is 502 g/mol. The molecule has 36 heavy (non-hydrogen) atoms. The Morgan fingerprint density at radius 3 is 1.86 bits per heavy atom. The molecule has 1 N–H and O–H groups in total. The van der Waals surface area contributed by atoms with Gasteiger partial charge in [-0.2, -0.15) is 0 Å². The van der Waals surface area contributed by atoms with Gasteiger partial charge in [-0.25, -0.2) is 0 Å². The fourth-order valence-corrected chi connectivity index (χ4v) is 3.41. The summed E-state index contributed by atoms with van der Waals surface area (Å²) in [7, 11) is 3.80. The van der Waals surface area contributed by atoms with E-state index >= 15 is 0 Å². The molecule has 1 aromatic heterocycles. The van der Waals surface area contributed by atoms with Crippen molar-refractivity contribution in [3.05, 3.63) is 28.4 Å². The van der Waals surface area contributed by atoms with Crippen LogP contribution < -0.4 is 33.8 Å². The number of carbonyl (C=O) groups excluding carboxylic acids is 3. The predicted octanol–water partition coefficient (Wildman–Crippen LogP) is 2.97. The Morgan fingerprint density at radius 2 is 1.33 bits per heavy atom. The second kappa shape index (κ2) is 10.3. The zero-order valence-corrected chi connectivity index (χ0v) is 20.2. The maximum atomic E-state index is 13.4. The van der Waals surface area contributed by atoms with Crippen LogP contribution in [-0.4, -0.2) is 44.3 Å². The summed E-state index contributed by atoms with van der Waals surface area (Å²) in [4.78, 5) is 48.3. The van der Waals surface area contributed by atoms with E-state index in [1.807, 2.05) is 0 Å². The molecular formula is C24H22O12. The summed E-state index contributed by atoms with van der Waals surface area (Å²) in [6.45, 7) is 3.36. The lowest BCUT2D eigenvalue weighted by molar-refractivity contribution is -0.134. The van der Waals surface area contributed by atoms with Crippen molar-refractivity contribution in [1.82, 2.24) is 0 Å². The molecule has 0 bridgehead atoms. The fourth-order valence-electron chi connectivity index (χ4n) is 3.41. The van der Waals surface area contributed by atoms with Crippen LogP contribution in [0.3, 0.4) is 0 Å². The summed E-state index contributed by atoms with van der Waals surface area (Å²) in [5, 5.41) is 10.4. The molecule has 0 spiro atoms. The van der Waals surface area contributed by atoms with E-state index in [0.29, 0.717) is 0 Å². The van der Waals surface area contributed by atoms with E-state index in [0.717, 1.165) is 13.8 Å². The maximum Gasteiger partial charge on any atom is 0.308 e. The van der Waals surface area contributed by atoms with Gasteiger partial charge < -0.3 is 37.9 Å². The van der Waals surface area contributed by atoms with Gasteiger partial charge in [0.1, 0.15) is 5.39 Å². The number of esters is 3. The Kier molecular flexibility index (Phi) is 7.37. The summed E-state index contributed by atoms with van der Waals surface area (Å²) in [6, 6.07) is 4.16. The van der Waals surface area contributed by atoms with Crippen molar-refractivity contribution >= 4 is 28.9 Å². The SMILES string of the molecule is COc1cc(-c2oc3c(OC)c(OC)c(OC(C)=O)c(OC(C)=O)c3c(=O)c2O)ccc1OC(C)=O. The fraction of sp³-hybridized carbons (Fsp3) is 0.250. The molecule has 190 valence electrons. The Labute approximate surface area is 203 Å². The number of ether oxygens (including phenoxy) is 6. The van der Waals surface area contributed by atoms with Crippen LogP contribution in [0.5, 0.6) is 40.2 Å². The first kappa shape index (κ1) is 25.9. The Morgan fingerprint density at radius 1 is 0.750 bits per heavy atom. The van der Waals surface area contributed by atoms with E-state index in [9.17, 15) is 24.3 Å². The van der Waals surface area contributed by atoms with Gasteiger partial charge in [0.15, 0.2) is 28.6 Å². The molecule has 12 nitrogen and oxygen atoms in total. The highest BCUT2D eigenvalue weighted by Gasteiger charge is 2.32. The zero-order valence-electron chi connectivity index (χ0n) is 20.2. The standard InChI is InChI=1S/C24H22O12/c1-10(25)33-14-8-7-13(9-15(14)30-4)19-18(29)17(28)16-20(36-19)22(31-5)23(32-6)24(35-12(3)27)21(16)34-11(2)26/h7-9,29H,1-6H3. The number of fused-ring (bicyclic) bond motifs is 1. The van der Waals surface area contributed by atoms with Crippen LogP contribution in [0.25, 0.3) is 22.3 Å². The smallest absolute Gasteiger partial charge is 0.308 e. The maximum absolute atomic E-state index is 13.4. The van der Waals surface area contributed by atoms with Crippen molar-refractivity contribution in [3.63, 3.8) is 0 Å². The summed E-state index contributed by atoms with van der Waals surface area (Å²) >= 11 is 0. The summed E-state index contributed by atoms with van der Waals surface area (Å²) < 4.78 is 37.2. The van der Waals surface area contributed by atoms with Gasteiger partial charge in [-0.05, 0) is 18.2 Å². The summed E-state index contributed by atoms with van der Waals surface area (Å²) in [6.07, 6.45) is 0. The molecule has 2 aromatic carbocycles. The third-order valence-corrected chi connectivity index (χ3v) is 4.72. The van der Waals surface area contributed by atoms with E-state index in [-0.39, 0.29) is 39.9 Å². The van der Waals surface area contributed by atoms with E-state index < -0.39 is 46.0 Å². The Balaban J connectivity index is 2.45. The molecule has 0 aliphatic carbocycles. The highest BCUT2D eigenvalue weighted by Crippen LogP contribution is 2.52. The molecule has 3 rings (SSSR count). The van der Waals surface area contributed by atoms with Crippen LogP contribution in [0.1, 0.15) is 20.8 Å². The highest BCUT2D eigenvalue weighted by atomic mass is 16.6. The number of carbonyl (C=O) groups is 3. The highest BCUT2D eigenvalue weighted by molar-refractivity contribution is 5.99. The van der Waals surface area contributed by atoms with Gasteiger partial charge in [0.05, 0.1) is 21.3 Å². The topological polar surface area (TPSA) is 157 Å². The van der Waals surface area contributed by atoms with Crippen LogP contribution in [0.4, 0.5) is 0 Å². The van der Waals surface area contributed by atoms with Crippen molar-refractivity contribution in [3.8, 4) is 51.6 Å². The van der Waals surface area contributed by atoms with Crippen molar-refractivity contribution in [2.45, 2.75) is 20.8 Å². The molecule has 0 atom stereocenters. The molecule has 0 saturated heterocycles. The van der Waals surface area contributed by atoms with Crippen LogP contribution in [0.15, 0.2) is 27.4 Å². The quantitative estimate of drug-likeness (QED) is 0.373. The molecule has 0 aliphatic heterocycles.